The normalized spacial score (nSPS) is 20.8. The van der Waals surface area contributed by atoms with E-state index in [9.17, 15) is 14.0 Å². The van der Waals surface area contributed by atoms with E-state index >= 15 is 0 Å². The molecule has 2 heterocycles. The minimum Gasteiger partial charge on any atom is -0.351 e. The highest BCUT2D eigenvalue weighted by Gasteiger charge is 2.33. The predicted molar refractivity (Wildman–Crippen MR) is 89.3 cm³/mol. The lowest BCUT2D eigenvalue weighted by molar-refractivity contribution is -0.121. The topological polar surface area (TPSA) is 61.8 Å². The Hall–Kier alpha value is -1.60. The molecule has 5 nitrogen and oxygen atoms in total. The van der Waals surface area contributed by atoms with Crippen LogP contribution in [0.1, 0.15) is 19.3 Å². The molecule has 1 atom stereocenters. The maximum absolute atomic E-state index is 13.1. The fraction of sp³-hybridized carbons (Fsp3) is 0.400. The monoisotopic (exact) mass is 355 g/mol. The summed E-state index contributed by atoms with van der Waals surface area (Å²) in [7, 11) is 0. The van der Waals surface area contributed by atoms with E-state index in [0.717, 1.165) is 31.1 Å². The van der Waals surface area contributed by atoms with Crippen molar-refractivity contribution in [1.29, 1.82) is 0 Å². The largest absolute Gasteiger partial charge is 0.351 e. The molecule has 1 aromatic rings. The van der Waals surface area contributed by atoms with Crippen LogP contribution in [0.3, 0.4) is 0 Å². The molecule has 2 aliphatic rings. The minimum absolute atomic E-state index is 0.0271. The first-order chi connectivity index (χ1) is 11.0. The Kier molecular flexibility index (Phi) is 4.87. The zero-order valence-electron chi connectivity index (χ0n) is 12.2. The Labute approximate surface area is 142 Å². The molecule has 0 aromatic heterocycles. The highest BCUT2D eigenvalue weighted by atomic mass is 35.5. The summed E-state index contributed by atoms with van der Waals surface area (Å²) in [6.07, 6.45) is 2.23. The number of aliphatic imine (C=N–C) groups is 1. The van der Waals surface area contributed by atoms with Gasteiger partial charge in [0.05, 0.1) is 5.02 Å². The standard InChI is InChI=1S/C15H15ClFN3O2S/c16-10-7-9(3-4-11(10)17)18-13(21)8-12-14(22)19-15(23-12)20-5-1-2-6-20/h3-4,7,12H,1-2,5-6,8H2,(H,18,21)/t12-/m0/s1. The van der Waals surface area contributed by atoms with Crippen molar-refractivity contribution >= 4 is 46.0 Å². The number of amidine groups is 1. The van der Waals surface area contributed by atoms with Gasteiger partial charge in [0.2, 0.25) is 5.91 Å². The summed E-state index contributed by atoms with van der Waals surface area (Å²) in [6, 6.07) is 3.95. The van der Waals surface area contributed by atoms with Crippen LogP contribution in [-0.2, 0) is 9.59 Å². The van der Waals surface area contributed by atoms with Gasteiger partial charge in [-0.2, -0.15) is 4.99 Å². The second kappa shape index (κ2) is 6.88. The fourth-order valence-corrected chi connectivity index (χ4v) is 3.80. The van der Waals surface area contributed by atoms with Gasteiger partial charge in [0.1, 0.15) is 11.1 Å². The smallest absolute Gasteiger partial charge is 0.262 e. The number of rotatable bonds is 3. The molecular weight excluding hydrogens is 341 g/mol. The van der Waals surface area contributed by atoms with E-state index in [0.29, 0.717) is 5.69 Å². The van der Waals surface area contributed by atoms with Gasteiger partial charge in [0.25, 0.3) is 5.91 Å². The Morgan fingerprint density at radius 2 is 2.17 bits per heavy atom. The number of nitrogens with zero attached hydrogens (tertiary/aromatic N) is 2. The SMILES string of the molecule is O=C(C[C@@H]1SC(N2CCCC2)=NC1=O)Nc1ccc(F)c(Cl)c1. The fourth-order valence-electron chi connectivity index (χ4n) is 2.51. The van der Waals surface area contributed by atoms with Gasteiger partial charge in [0, 0.05) is 25.2 Å². The molecule has 0 radical (unpaired) electrons. The highest BCUT2D eigenvalue weighted by molar-refractivity contribution is 8.15. The van der Waals surface area contributed by atoms with Crippen LogP contribution in [0.5, 0.6) is 0 Å². The number of nitrogens with one attached hydrogen (secondary N) is 1. The van der Waals surface area contributed by atoms with Crippen molar-refractivity contribution < 1.29 is 14.0 Å². The van der Waals surface area contributed by atoms with E-state index in [1.807, 2.05) is 0 Å². The molecule has 2 aliphatic heterocycles. The first-order valence-electron chi connectivity index (χ1n) is 7.32. The Morgan fingerprint density at radius 1 is 1.43 bits per heavy atom. The molecule has 1 fully saturated rings. The summed E-state index contributed by atoms with van der Waals surface area (Å²) >= 11 is 7.01. The van der Waals surface area contributed by atoms with Crippen molar-refractivity contribution in [1.82, 2.24) is 4.90 Å². The Balaban J connectivity index is 1.56. The van der Waals surface area contributed by atoms with Crippen LogP contribution in [0.25, 0.3) is 0 Å². The molecule has 2 amide bonds. The maximum Gasteiger partial charge on any atom is 0.262 e. The zero-order valence-corrected chi connectivity index (χ0v) is 13.8. The molecule has 0 bridgehead atoms. The first-order valence-corrected chi connectivity index (χ1v) is 8.58. The molecule has 0 spiro atoms. The number of hydrogen-bond donors (Lipinski definition) is 1. The van der Waals surface area contributed by atoms with E-state index < -0.39 is 11.1 Å². The molecule has 0 unspecified atom stereocenters. The quantitative estimate of drug-likeness (QED) is 0.905. The average molecular weight is 356 g/mol. The van der Waals surface area contributed by atoms with Crippen LogP contribution < -0.4 is 5.32 Å². The Morgan fingerprint density at radius 3 is 2.87 bits per heavy atom. The minimum atomic E-state index is -0.546. The lowest BCUT2D eigenvalue weighted by Crippen LogP contribution is -2.25. The predicted octanol–water partition coefficient (Wildman–Crippen LogP) is 2.90. The van der Waals surface area contributed by atoms with Crippen molar-refractivity contribution in [2.24, 2.45) is 4.99 Å². The van der Waals surface area contributed by atoms with E-state index in [1.54, 1.807) is 0 Å². The maximum atomic E-state index is 13.1. The molecule has 0 saturated carbocycles. The number of amides is 2. The van der Waals surface area contributed by atoms with Crippen LogP contribution in [0.15, 0.2) is 23.2 Å². The summed E-state index contributed by atoms with van der Waals surface area (Å²) in [5.74, 6) is -1.14. The third-order valence-corrected chi connectivity index (χ3v) is 5.18. The number of likely N-dealkylation sites (tertiary alicyclic amines) is 1. The Bertz CT molecular complexity index is 677. The molecule has 1 saturated heterocycles. The number of carbonyl (C=O) groups excluding carboxylic acids is 2. The summed E-state index contributed by atoms with van der Waals surface area (Å²) < 4.78 is 13.1. The van der Waals surface area contributed by atoms with Gasteiger partial charge in [-0.1, -0.05) is 23.4 Å². The van der Waals surface area contributed by atoms with Crippen molar-refractivity contribution in [3.05, 3.63) is 29.0 Å². The van der Waals surface area contributed by atoms with E-state index in [1.165, 1.54) is 30.0 Å². The average Bonchev–Trinajstić information content (AvgIpc) is 3.13. The van der Waals surface area contributed by atoms with Crippen molar-refractivity contribution in [3.8, 4) is 0 Å². The van der Waals surface area contributed by atoms with E-state index in [2.05, 4.69) is 15.2 Å². The second-order valence-corrected chi connectivity index (χ2v) is 6.99. The van der Waals surface area contributed by atoms with E-state index in [4.69, 9.17) is 11.6 Å². The van der Waals surface area contributed by atoms with Crippen molar-refractivity contribution in [2.75, 3.05) is 18.4 Å². The van der Waals surface area contributed by atoms with Gasteiger partial charge < -0.3 is 10.2 Å². The molecule has 1 N–H and O–H groups in total. The number of carbonyl (C=O) groups is 2. The third kappa shape index (κ3) is 3.84. The van der Waals surface area contributed by atoms with Crippen LogP contribution in [0, 0.1) is 5.82 Å². The van der Waals surface area contributed by atoms with Gasteiger partial charge in [-0.05, 0) is 31.0 Å². The number of anilines is 1. The second-order valence-electron chi connectivity index (χ2n) is 5.41. The highest BCUT2D eigenvalue weighted by Crippen LogP contribution is 2.29. The van der Waals surface area contributed by atoms with Gasteiger partial charge in [0.15, 0.2) is 5.17 Å². The molecule has 1 aromatic carbocycles. The lowest BCUT2D eigenvalue weighted by Gasteiger charge is -2.16. The third-order valence-electron chi connectivity index (χ3n) is 3.68. The van der Waals surface area contributed by atoms with Crippen LogP contribution in [0.4, 0.5) is 10.1 Å². The van der Waals surface area contributed by atoms with Gasteiger partial charge in [-0.3, -0.25) is 9.59 Å². The van der Waals surface area contributed by atoms with Crippen LogP contribution >= 0.6 is 23.4 Å². The molecular formula is C15H15ClFN3O2S. The van der Waals surface area contributed by atoms with Crippen LogP contribution in [-0.4, -0.2) is 40.2 Å². The summed E-state index contributed by atoms with van der Waals surface area (Å²) in [5, 5.41) is 2.78. The molecule has 23 heavy (non-hydrogen) atoms. The number of halogens is 2. The summed E-state index contributed by atoms with van der Waals surface area (Å²) in [4.78, 5) is 30.1. The lowest BCUT2D eigenvalue weighted by atomic mass is 10.2. The zero-order chi connectivity index (χ0) is 16.4. The molecule has 0 aliphatic carbocycles. The molecule has 122 valence electrons. The summed E-state index contributed by atoms with van der Waals surface area (Å²) in [6.45, 7) is 1.82. The van der Waals surface area contributed by atoms with Gasteiger partial charge in [-0.25, -0.2) is 4.39 Å². The molecule has 8 heteroatoms. The van der Waals surface area contributed by atoms with Gasteiger partial charge in [-0.15, -0.1) is 0 Å². The number of benzene rings is 1. The van der Waals surface area contributed by atoms with E-state index in [-0.39, 0.29) is 23.3 Å². The van der Waals surface area contributed by atoms with Crippen molar-refractivity contribution in [2.45, 2.75) is 24.5 Å². The first kappa shape index (κ1) is 16.3. The van der Waals surface area contributed by atoms with Crippen molar-refractivity contribution in [3.63, 3.8) is 0 Å². The summed E-state index contributed by atoms with van der Waals surface area (Å²) in [5.41, 5.74) is 0.400. The number of hydrogen-bond acceptors (Lipinski definition) is 4. The molecule has 3 rings (SSSR count). The van der Waals surface area contributed by atoms with Gasteiger partial charge >= 0.3 is 0 Å². The number of thioether (sulfide) groups is 1. The van der Waals surface area contributed by atoms with Crippen LogP contribution in [0.2, 0.25) is 5.02 Å².